The first-order valence-electron chi connectivity index (χ1n) is 4.58. The van der Waals surface area contributed by atoms with Crippen molar-refractivity contribution in [3.8, 4) is 0 Å². The van der Waals surface area contributed by atoms with E-state index in [4.69, 9.17) is 0 Å². The van der Waals surface area contributed by atoms with E-state index in [0.29, 0.717) is 0 Å². The SMILES string of the molecule is CC1CC2=C(C1)C1CCC21. The van der Waals surface area contributed by atoms with Gasteiger partial charge in [-0.3, -0.25) is 0 Å². The largest absolute Gasteiger partial charge is 0.0667 e. The zero-order chi connectivity index (χ0) is 6.72. The Bertz CT molecular complexity index is 190. The highest BCUT2D eigenvalue weighted by Gasteiger charge is 2.48. The van der Waals surface area contributed by atoms with Gasteiger partial charge in [-0.2, -0.15) is 0 Å². The molecular weight excluding hydrogens is 120 g/mol. The second kappa shape index (κ2) is 1.49. The molecule has 0 spiro atoms. The molecule has 0 N–H and O–H groups in total. The van der Waals surface area contributed by atoms with Crippen molar-refractivity contribution in [2.75, 3.05) is 0 Å². The van der Waals surface area contributed by atoms with E-state index in [2.05, 4.69) is 6.92 Å². The van der Waals surface area contributed by atoms with E-state index in [1.807, 2.05) is 11.1 Å². The van der Waals surface area contributed by atoms with Crippen LogP contribution in [0.15, 0.2) is 11.1 Å². The summed E-state index contributed by atoms with van der Waals surface area (Å²) in [5, 5.41) is 0. The summed E-state index contributed by atoms with van der Waals surface area (Å²) < 4.78 is 0. The molecule has 0 bridgehead atoms. The Hall–Kier alpha value is -0.260. The zero-order valence-corrected chi connectivity index (χ0v) is 6.56. The van der Waals surface area contributed by atoms with Crippen molar-refractivity contribution >= 4 is 0 Å². The molecule has 1 fully saturated rings. The van der Waals surface area contributed by atoms with Gasteiger partial charge in [0.2, 0.25) is 0 Å². The van der Waals surface area contributed by atoms with E-state index >= 15 is 0 Å². The Labute approximate surface area is 62.3 Å². The molecule has 3 aliphatic rings. The Morgan fingerprint density at radius 2 is 1.50 bits per heavy atom. The molecule has 0 amide bonds. The van der Waals surface area contributed by atoms with Crippen LogP contribution in [0.2, 0.25) is 0 Å². The lowest BCUT2D eigenvalue weighted by atomic mass is 9.57. The smallest absolute Gasteiger partial charge is 0.0134 e. The van der Waals surface area contributed by atoms with E-state index in [0.717, 1.165) is 17.8 Å². The average Bonchev–Trinajstić information content (AvgIpc) is 2.09. The summed E-state index contributed by atoms with van der Waals surface area (Å²) in [6.45, 7) is 2.40. The molecule has 1 saturated carbocycles. The molecule has 54 valence electrons. The molecule has 3 aliphatic carbocycles. The third kappa shape index (κ3) is 0.426. The minimum absolute atomic E-state index is 0.996. The first-order chi connectivity index (χ1) is 4.86. The maximum Gasteiger partial charge on any atom is -0.0134 e. The Balaban J connectivity index is 1.93. The van der Waals surface area contributed by atoms with E-state index in [9.17, 15) is 0 Å². The number of rotatable bonds is 0. The lowest BCUT2D eigenvalue weighted by Gasteiger charge is -2.48. The number of hydrogen-bond acceptors (Lipinski definition) is 0. The van der Waals surface area contributed by atoms with Gasteiger partial charge in [-0.15, -0.1) is 0 Å². The van der Waals surface area contributed by atoms with Crippen LogP contribution < -0.4 is 0 Å². The summed E-state index contributed by atoms with van der Waals surface area (Å²) in [7, 11) is 0. The van der Waals surface area contributed by atoms with E-state index < -0.39 is 0 Å². The van der Waals surface area contributed by atoms with Crippen LogP contribution in [0.3, 0.4) is 0 Å². The van der Waals surface area contributed by atoms with Gasteiger partial charge >= 0.3 is 0 Å². The lowest BCUT2D eigenvalue weighted by molar-refractivity contribution is 0.204. The number of fused-ring (bicyclic) bond motifs is 3. The summed E-state index contributed by atoms with van der Waals surface area (Å²) in [5.41, 5.74) is 3.78. The maximum atomic E-state index is 2.40. The topological polar surface area (TPSA) is 0 Å². The van der Waals surface area contributed by atoms with Crippen LogP contribution in [0.25, 0.3) is 0 Å². The Morgan fingerprint density at radius 3 is 1.90 bits per heavy atom. The quantitative estimate of drug-likeness (QED) is 0.447. The monoisotopic (exact) mass is 134 g/mol. The Morgan fingerprint density at radius 1 is 1.00 bits per heavy atom. The van der Waals surface area contributed by atoms with E-state index in [1.54, 1.807) is 0 Å². The van der Waals surface area contributed by atoms with Gasteiger partial charge in [-0.25, -0.2) is 0 Å². The summed E-state index contributed by atoms with van der Waals surface area (Å²) in [5.74, 6) is 3.19. The number of allylic oxidation sites excluding steroid dienone is 2. The summed E-state index contributed by atoms with van der Waals surface area (Å²) in [4.78, 5) is 0. The van der Waals surface area contributed by atoms with Crippen molar-refractivity contribution in [1.29, 1.82) is 0 Å². The first kappa shape index (κ1) is 5.40. The van der Waals surface area contributed by atoms with E-state index in [-0.39, 0.29) is 0 Å². The molecule has 0 heteroatoms. The van der Waals surface area contributed by atoms with Gasteiger partial charge in [0.1, 0.15) is 0 Å². The molecule has 0 nitrogen and oxygen atoms in total. The molecule has 10 heavy (non-hydrogen) atoms. The molecule has 2 unspecified atom stereocenters. The van der Waals surface area contributed by atoms with Crippen LogP contribution in [0.1, 0.15) is 32.6 Å². The fourth-order valence-corrected chi connectivity index (χ4v) is 3.10. The fraction of sp³-hybridized carbons (Fsp3) is 0.800. The molecular formula is C10H14. The predicted molar refractivity (Wildman–Crippen MR) is 41.6 cm³/mol. The Kier molecular flexibility index (Phi) is 0.805. The van der Waals surface area contributed by atoms with Gasteiger partial charge in [0.05, 0.1) is 0 Å². The molecule has 0 heterocycles. The maximum absolute atomic E-state index is 2.40. The van der Waals surface area contributed by atoms with Crippen molar-refractivity contribution in [3.63, 3.8) is 0 Å². The highest BCUT2D eigenvalue weighted by molar-refractivity contribution is 5.40. The van der Waals surface area contributed by atoms with Gasteiger partial charge in [-0.1, -0.05) is 18.1 Å². The fourth-order valence-electron chi connectivity index (χ4n) is 3.10. The van der Waals surface area contributed by atoms with Crippen molar-refractivity contribution in [2.24, 2.45) is 17.8 Å². The highest BCUT2D eigenvalue weighted by atomic mass is 14.5. The predicted octanol–water partition coefficient (Wildman–Crippen LogP) is 2.75. The molecule has 0 aromatic heterocycles. The van der Waals surface area contributed by atoms with Crippen molar-refractivity contribution in [2.45, 2.75) is 32.6 Å². The average molecular weight is 134 g/mol. The molecule has 0 aliphatic heterocycles. The van der Waals surface area contributed by atoms with Crippen LogP contribution in [0.5, 0.6) is 0 Å². The first-order valence-corrected chi connectivity index (χ1v) is 4.58. The zero-order valence-electron chi connectivity index (χ0n) is 6.56. The molecule has 3 rings (SSSR count). The van der Waals surface area contributed by atoms with Gasteiger partial charge < -0.3 is 0 Å². The molecule has 0 radical (unpaired) electrons. The minimum atomic E-state index is 0.996. The van der Waals surface area contributed by atoms with Crippen molar-refractivity contribution in [1.82, 2.24) is 0 Å². The van der Waals surface area contributed by atoms with Crippen molar-refractivity contribution in [3.05, 3.63) is 11.1 Å². The van der Waals surface area contributed by atoms with Crippen LogP contribution in [-0.4, -0.2) is 0 Å². The highest BCUT2D eigenvalue weighted by Crippen LogP contribution is 2.61. The third-order valence-corrected chi connectivity index (χ3v) is 3.72. The van der Waals surface area contributed by atoms with Gasteiger partial charge in [0, 0.05) is 0 Å². The summed E-state index contributed by atoms with van der Waals surface area (Å²) in [6, 6.07) is 0. The van der Waals surface area contributed by atoms with Crippen LogP contribution >= 0.6 is 0 Å². The normalized spacial score (nSPS) is 49.5. The second-order valence-corrected chi connectivity index (χ2v) is 4.35. The number of hydrogen-bond donors (Lipinski definition) is 0. The molecule has 0 aromatic rings. The van der Waals surface area contributed by atoms with Crippen LogP contribution in [0, 0.1) is 17.8 Å². The van der Waals surface area contributed by atoms with Crippen LogP contribution in [0.4, 0.5) is 0 Å². The molecule has 2 atom stereocenters. The molecule has 0 saturated heterocycles. The molecule has 0 aromatic carbocycles. The van der Waals surface area contributed by atoms with Crippen molar-refractivity contribution < 1.29 is 0 Å². The standard InChI is InChI=1S/C10H14/c1-6-4-9-7-2-3-8(7)10(9)5-6/h6-8H,2-5H2,1H3. The van der Waals surface area contributed by atoms with E-state index in [1.165, 1.54) is 25.7 Å². The second-order valence-electron chi connectivity index (χ2n) is 4.35. The summed E-state index contributed by atoms with van der Waals surface area (Å²) >= 11 is 0. The van der Waals surface area contributed by atoms with Gasteiger partial charge in [0.15, 0.2) is 0 Å². The minimum Gasteiger partial charge on any atom is -0.0667 e. The summed E-state index contributed by atoms with van der Waals surface area (Å²) in [6.07, 6.45) is 5.96. The van der Waals surface area contributed by atoms with Crippen LogP contribution in [-0.2, 0) is 0 Å². The lowest BCUT2D eigenvalue weighted by Crippen LogP contribution is -2.37. The van der Waals surface area contributed by atoms with Gasteiger partial charge in [-0.05, 0) is 43.4 Å². The van der Waals surface area contributed by atoms with Gasteiger partial charge in [0.25, 0.3) is 0 Å². The third-order valence-electron chi connectivity index (χ3n) is 3.72.